The number of carbonyl (C=O) groups excluding carboxylic acids is 2. The number of aromatic nitrogens is 2. The maximum absolute atomic E-state index is 14.3. The predicted octanol–water partition coefficient (Wildman–Crippen LogP) is 3.25. The fourth-order valence-corrected chi connectivity index (χ4v) is 3.55. The van der Waals surface area contributed by atoms with Gasteiger partial charge in [-0.15, -0.1) is 0 Å². The molecule has 3 heterocycles. The van der Waals surface area contributed by atoms with Crippen LogP contribution in [0.15, 0.2) is 34.9 Å². The lowest BCUT2D eigenvalue weighted by atomic mass is 10.0. The van der Waals surface area contributed by atoms with Crippen LogP contribution in [-0.2, 0) is 4.74 Å². The average Bonchev–Trinajstić information content (AvgIpc) is 3.14. The molecule has 0 spiro atoms. The van der Waals surface area contributed by atoms with Crippen molar-refractivity contribution in [2.45, 2.75) is 13.8 Å². The minimum absolute atomic E-state index is 0.182. The number of nitrogens with zero attached hydrogens (tertiary/aromatic N) is 4. The number of pyridine rings is 1. The Morgan fingerprint density at radius 3 is 2.57 bits per heavy atom. The maximum Gasteiger partial charge on any atom is 0.409 e. The smallest absolute Gasteiger partial charge is 0.409 e. The van der Waals surface area contributed by atoms with E-state index in [1.54, 1.807) is 47.9 Å². The first-order valence-corrected chi connectivity index (χ1v) is 9.72. The number of amides is 2. The number of halogens is 1. The molecule has 1 aliphatic heterocycles. The summed E-state index contributed by atoms with van der Waals surface area (Å²) < 4.78 is 24.6. The zero-order valence-corrected chi connectivity index (χ0v) is 16.7. The standard InChI is InChI=1S/C21H21FN4O4/c1-3-29-21(28)26-10-8-25(9-11-26)20(27)15-12-17(14-6-4-5-7-16(14)22)23-19-18(15)13(2)24-30-19/h4-7,12H,3,8-11H2,1-2H3. The van der Waals surface area contributed by atoms with Crippen LogP contribution in [-0.4, -0.2) is 64.7 Å². The lowest BCUT2D eigenvalue weighted by Crippen LogP contribution is -2.50. The Hall–Kier alpha value is -3.49. The van der Waals surface area contributed by atoms with Gasteiger partial charge in [0.1, 0.15) is 5.82 Å². The van der Waals surface area contributed by atoms with Crippen LogP contribution in [0.5, 0.6) is 0 Å². The number of aryl methyl sites for hydroxylation is 1. The van der Waals surface area contributed by atoms with Gasteiger partial charge in [0.15, 0.2) is 0 Å². The van der Waals surface area contributed by atoms with E-state index in [1.807, 2.05) is 0 Å². The summed E-state index contributed by atoms with van der Waals surface area (Å²) in [6.45, 7) is 5.26. The Balaban J connectivity index is 1.66. The molecule has 4 rings (SSSR count). The summed E-state index contributed by atoms with van der Waals surface area (Å²) in [5.41, 5.74) is 1.63. The molecule has 0 unspecified atom stereocenters. The van der Waals surface area contributed by atoms with Crippen LogP contribution < -0.4 is 0 Å². The molecule has 2 amide bonds. The fraction of sp³-hybridized carbons (Fsp3) is 0.333. The molecule has 1 aromatic carbocycles. The second-order valence-corrected chi connectivity index (χ2v) is 6.96. The van der Waals surface area contributed by atoms with Gasteiger partial charge in [-0.1, -0.05) is 17.3 Å². The van der Waals surface area contributed by atoms with Crippen molar-refractivity contribution < 1.29 is 23.2 Å². The molecule has 0 N–H and O–H groups in total. The Bertz CT molecular complexity index is 1110. The molecule has 156 valence electrons. The average molecular weight is 412 g/mol. The number of fused-ring (bicyclic) bond motifs is 1. The van der Waals surface area contributed by atoms with Gasteiger partial charge in [0.25, 0.3) is 11.6 Å². The van der Waals surface area contributed by atoms with E-state index in [9.17, 15) is 14.0 Å². The normalized spacial score (nSPS) is 14.2. The predicted molar refractivity (Wildman–Crippen MR) is 106 cm³/mol. The van der Waals surface area contributed by atoms with Gasteiger partial charge in [-0.3, -0.25) is 4.79 Å². The lowest BCUT2D eigenvalue weighted by molar-refractivity contribution is 0.0572. The first-order valence-electron chi connectivity index (χ1n) is 9.72. The van der Waals surface area contributed by atoms with Crippen molar-refractivity contribution in [3.63, 3.8) is 0 Å². The number of ether oxygens (including phenoxy) is 1. The minimum atomic E-state index is -0.443. The Morgan fingerprint density at radius 2 is 1.87 bits per heavy atom. The van der Waals surface area contributed by atoms with Gasteiger partial charge in [-0.25, -0.2) is 14.2 Å². The van der Waals surface area contributed by atoms with Crippen LogP contribution in [0.2, 0.25) is 0 Å². The highest BCUT2D eigenvalue weighted by Crippen LogP contribution is 2.29. The van der Waals surface area contributed by atoms with E-state index in [1.165, 1.54) is 6.07 Å². The summed E-state index contributed by atoms with van der Waals surface area (Å²) >= 11 is 0. The zero-order chi connectivity index (χ0) is 21.3. The lowest BCUT2D eigenvalue weighted by Gasteiger charge is -2.34. The van der Waals surface area contributed by atoms with Crippen molar-refractivity contribution >= 4 is 23.1 Å². The molecule has 2 aromatic heterocycles. The van der Waals surface area contributed by atoms with Gasteiger partial charge in [0.2, 0.25) is 0 Å². The van der Waals surface area contributed by atoms with Crippen molar-refractivity contribution in [2.75, 3.05) is 32.8 Å². The summed E-state index contributed by atoms with van der Waals surface area (Å²) in [6.07, 6.45) is -0.382. The summed E-state index contributed by atoms with van der Waals surface area (Å²) in [4.78, 5) is 32.8. The first kappa shape index (κ1) is 19.8. The van der Waals surface area contributed by atoms with Gasteiger partial charge in [-0.2, -0.15) is 0 Å². The quantitative estimate of drug-likeness (QED) is 0.656. The molecule has 3 aromatic rings. The Morgan fingerprint density at radius 1 is 1.17 bits per heavy atom. The molecule has 8 nitrogen and oxygen atoms in total. The zero-order valence-electron chi connectivity index (χ0n) is 16.7. The van der Waals surface area contributed by atoms with Gasteiger partial charge in [0, 0.05) is 31.7 Å². The van der Waals surface area contributed by atoms with E-state index in [2.05, 4.69) is 10.1 Å². The molecule has 0 radical (unpaired) electrons. The van der Waals surface area contributed by atoms with E-state index in [0.717, 1.165) is 0 Å². The van der Waals surface area contributed by atoms with E-state index in [0.29, 0.717) is 55.1 Å². The monoisotopic (exact) mass is 412 g/mol. The molecule has 9 heteroatoms. The SMILES string of the molecule is CCOC(=O)N1CCN(C(=O)c2cc(-c3ccccc3F)nc3onc(C)c23)CC1. The van der Waals surface area contributed by atoms with Crippen LogP contribution >= 0.6 is 0 Å². The van der Waals surface area contributed by atoms with Gasteiger partial charge in [-0.05, 0) is 32.0 Å². The summed E-state index contributed by atoms with van der Waals surface area (Å²) in [5, 5.41) is 4.43. The Labute approximate surface area is 172 Å². The van der Waals surface area contributed by atoms with Crippen LogP contribution in [0.3, 0.4) is 0 Å². The molecule has 0 aliphatic carbocycles. The summed E-state index contributed by atoms with van der Waals surface area (Å²) in [7, 11) is 0. The summed E-state index contributed by atoms with van der Waals surface area (Å²) in [6, 6.07) is 7.80. The summed E-state index contributed by atoms with van der Waals surface area (Å²) in [5.74, 6) is -0.683. The van der Waals surface area contributed by atoms with Crippen molar-refractivity contribution in [1.29, 1.82) is 0 Å². The van der Waals surface area contributed by atoms with Gasteiger partial charge in [0.05, 0.1) is 28.9 Å². The van der Waals surface area contributed by atoms with Crippen LogP contribution in [0.25, 0.3) is 22.4 Å². The fourth-order valence-electron chi connectivity index (χ4n) is 3.55. The topological polar surface area (TPSA) is 88.8 Å². The minimum Gasteiger partial charge on any atom is -0.450 e. The second kappa shape index (κ2) is 8.10. The van der Waals surface area contributed by atoms with E-state index in [-0.39, 0.29) is 23.3 Å². The third-order valence-electron chi connectivity index (χ3n) is 5.09. The van der Waals surface area contributed by atoms with Gasteiger partial charge >= 0.3 is 6.09 Å². The van der Waals surface area contributed by atoms with Crippen molar-refractivity contribution in [3.05, 3.63) is 47.4 Å². The molecule has 30 heavy (non-hydrogen) atoms. The molecule has 0 bridgehead atoms. The Kier molecular flexibility index (Phi) is 5.35. The van der Waals surface area contributed by atoms with Crippen LogP contribution in [0, 0.1) is 12.7 Å². The molecular formula is C21H21FN4O4. The first-order chi connectivity index (χ1) is 14.5. The largest absolute Gasteiger partial charge is 0.450 e. The number of rotatable bonds is 3. The number of hydrogen-bond acceptors (Lipinski definition) is 6. The van der Waals surface area contributed by atoms with Gasteiger partial charge < -0.3 is 19.1 Å². The maximum atomic E-state index is 14.3. The van der Waals surface area contributed by atoms with Crippen LogP contribution in [0.1, 0.15) is 23.0 Å². The second-order valence-electron chi connectivity index (χ2n) is 6.96. The molecular weight excluding hydrogens is 391 g/mol. The highest BCUT2D eigenvalue weighted by Gasteiger charge is 2.28. The molecule has 1 fully saturated rings. The molecule has 1 saturated heterocycles. The number of hydrogen-bond donors (Lipinski definition) is 0. The molecule has 0 atom stereocenters. The number of benzene rings is 1. The highest BCUT2D eigenvalue weighted by atomic mass is 19.1. The van der Waals surface area contributed by atoms with Crippen molar-refractivity contribution in [2.24, 2.45) is 0 Å². The highest BCUT2D eigenvalue weighted by molar-refractivity contribution is 6.07. The third-order valence-corrected chi connectivity index (χ3v) is 5.09. The van der Waals surface area contributed by atoms with E-state index >= 15 is 0 Å². The van der Waals surface area contributed by atoms with Crippen molar-refractivity contribution in [1.82, 2.24) is 19.9 Å². The van der Waals surface area contributed by atoms with Crippen LogP contribution in [0.4, 0.5) is 9.18 Å². The third kappa shape index (κ3) is 3.58. The van der Waals surface area contributed by atoms with Crippen molar-refractivity contribution in [3.8, 4) is 11.3 Å². The number of piperazine rings is 1. The molecule has 1 aliphatic rings. The van der Waals surface area contributed by atoms with E-state index < -0.39 is 5.82 Å². The number of carbonyl (C=O) groups is 2. The van der Waals surface area contributed by atoms with E-state index in [4.69, 9.17) is 9.26 Å². The molecule has 0 saturated carbocycles.